The number of primary amides is 1. The molecule has 8 N–H and O–H groups in total. The third-order valence-electron chi connectivity index (χ3n) is 7.68. The van der Waals surface area contributed by atoms with Crippen LogP contribution in [0.1, 0.15) is 24.5 Å². The number of Topliss-reactive ketones (excluding diaryl/α,β-unsaturated/α-hetero) is 2. The number of aromatic hydroxyl groups is 1. The normalized spacial score (nSPS) is 27.9. The molecule has 0 heterocycles. The van der Waals surface area contributed by atoms with E-state index >= 15 is 0 Å². The first-order chi connectivity index (χ1) is 18.9. The van der Waals surface area contributed by atoms with E-state index in [4.69, 9.17) is 9.92 Å². The van der Waals surface area contributed by atoms with Crippen LogP contribution in [-0.4, -0.2) is 92.7 Å². The van der Waals surface area contributed by atoms with E-state index in [9.17, 15) is 57.9 Å². The molecule has 0 saturated heterocycles. The summed E-state index contributed by atoms with van der Waals surface area (Å²) in [5.74, 6) is -11.6. The highest BCUT2D eigenvalue weighted by atomic mass is 32.3. The zero-order valence-electron chi connectivity index (χ0n) is 21.7. The molecular weight excluding hydrogens is 572 g/mol. The van der Waals surface area contributed by atoms with Crippen molar-refractivity contribution in [2.45, 2.75) is 31.1 Å². The third-order valence-corrected chi connectivity index (χ3v) is 8.15. The number of fused-ring (bicyclic) bond motifs is 3. The summed E-state index contributed by atoms with van der Waals surface area (Å²) in [5, 5.41) is 59.2. The molecule has 4 atom stereocenters. The van der Waals surface area contributed by atoms with Crippen molar-refractivity contribution in [3.8, 4) is 5.75 Å². The maximum absolute atomic E-state index is 14.0. The Morgan fingerprint density at radius 2 is 1.88 bits per heavy atom. The SMILES string of the molecule is CCNc1cc([N+](=O)[O-])c(O)c2c1CC1CC3[C@@](O)(C(=O)C(C(N)=O)=C(O)[C@@]3(OS(=O)(=O)O)N(C)C)C(=O)C1=C2O. The summed E-state index contributed by atoms with van der Waals surface area (Å²) >= 11 is 0. The first-order valence-corrected chi connectivity index (χ1v) is 13.3. The quantitative estimate of drug-likeness (QED) is 0.0394. The second-order valence-electron chi connectivity index (χ2n) is 10.00. The maximum Gasteiger partial charge on any atom is 0.399 e. The Balaban J connectivity index is 2.08. The van der Waals surface area contributed by atoms with Crippen LogP contribution in [0.4, 0.5) is 11.4 Å². The van der Waals surface area contributed by atoms with E-state index in [1.807, 2.05) is 0 Å². The van der Waals surface area contributed by atoms with Gasteiger partial charge in [0.1, 0.15) is 11.3 Å². The minimum absolute atomic E-state index is 0.109. The van der Waals surface area contributed by atoms with Crippen LogP contribution in [0, 0.1) is 22.0 Å². The van der Waals surface area contributed by atoms with Crippen LogP contribution < -0.4 is 11.1 Å². The standard InChI is InChI=1S/C23H26N4O13S/c1-4-25-10-7-11(27(35)36)16(28)14-9(10)5-8-6-12-22(34,18(30)13(8)17(14)29)19(31)15(21(24)33)20(32)23(12,26(2)3)40-41(37,38)39/h7-8,12,25,28-29,32,34H,4-6H2,1-3H3,(H2,24,33)(H,37,38,39)/t8?,12?,22-,23+/m0/s1. The number of hydrogen-bond donors (Lipinski definition) is 7. The molecule has 0 bridgehead atoms. The first kappa shape index (κ1) is 29.9. The number of likely N-dealkylation sites (N-methyl/N-ethyl adjacent to an activating group) is 1. The molecule has 2 unspecified atom stereocenters. The van der Waals surface area contributed by atoms with Crippen molar-refractivity contribution in [3.63, 3.8) is 0 Å². The zero-order chi connectivity index (χ0) is 31.0. The van der Waals surface area contributed by atoms with Crippen LogP contribution in [0.3, 0.4) is 0 Å². The summed E-state index contributed by atoms with van der Waals surface area (Å²) in [5.41, 5.74) is -4.28. The summed E-state index contributed by atoms with van der Waals surface area (Å²) in [4.78, 5) is 51.1. The largest absolute Gasteiger partial charge is 0.507 e. The fourth-order valence-corrected chi connectivity index (χ4v) is 6.74. The minimum Gasteiger partial charge on any atom is -0.507 e. The van der Waals surface area contributed by atoms with Gasteiger partial charge in [-0.05, 0) is 45.3 Å². The van der Waals surface area contributed by atoms with E-state index in [0.29, 0.717) is 0 Å². The predicted octanol–water partition coefficient (Wildman–Crippen LogP) is -0.549. The van der Waals surface area contributed by atoms with Gasteiger partial charge < -0.3 is 31.5 Å². The number of nitro benzene ring substituents is 1. The number of anilines is 1. The molecule has 17 nitrogen and oxygen atoms in total. The van der Waals surface area contributed by atoms with Gasteiger partial charge in [0, 0.05) is 23.9 Å². The number of ketones is 2. The van der Waals surface area contributed by atoms with Crippen LogP contribution >= 0.6 is 0 Å². The molecule has 1 aromatic rings. The summed E-state index contributed by atoms with van der Waals surface area (Å²) in [6.45, 7) is 1.91. The highest BCUT2D eigenvalue weighted by molar-refractivity contribution is 7.80. The lowest BCUT2D eigenvalue weighted by Gasteiger charge is -2.54. The molecule has 41 heavy (non-hydrogen) atoms. The zero-order valence-corrected chi connectivity index (χ0v) is 22.6. The van der Waals surface area contributed by atoms with Crippen molar-refractivity contribution >= 4 is 45.0 Å². The Morgan fingerprint density at radius 3 is 2.37 bits per heavy atom. The van der Waals surface area contributed by atoms with Crippen LogP contribution in [0.25, 0.3) is 5.76 Å². The lowest BCUT2D eigenvalue weighted by molar-refractivity contribution is -0.385. The van der Waals surface area contributed by atoms with Gasteiger partial charge >= 0.3 is 16.1 Å². The average molecular weight is 599 g/mol. The fourth-order valence-electron chi connectivity index (χ4n) is 6.07. The number of benzene rings is 1. The molecule has 3 aliphatic rings. The molecule has 18 heteroatoms. The second kappa shape index (κ2) is 9.48. The van der Waals surface area contributed by atoms with Gasteiger partial charge in [0.15, 0.2) is 11.4 Å². The summed E-state index contributed by atoms with van der Waals surface area (Å²) in [6.07, 6.45) is -0.850. The number of nitrogens with one attached hydrogen (secondary N) is 1. The molecule has 1 fully saturated rings. The molecule has 0 spiro atoms. The van der Waals surface area contributed by atoms with Gasteiger partial charge in [0.2, 0.25) is 23.0 Å². The van der Waals surface area contributed by atoms with Gasteiger partial charge in [0.25, 0.3) is 5.91 Å². The molecule has 0 aromatic heterocycles. The van der Waals surface area contributed by atoms with Crippen molar-refractivity contribution in [1.82, 2.24) is 4.90 Å². The number of aliphatic hydroxyl groups excluding tert-OH is 2. The Hall–Kier alpha value is -4.10. The molecule has 0 radical (unpaired) electrons. The Labute approximate surface area is 231 Å². The molecule has 3 aliphatic carbocycles. The number of aliphatic hydroxyl groups is 3. The van der Waals surface area contributed by atoms with Gasteiger partial charge in [-0.2, -0.15) is 8.42 Å². The van der Waals surface area contributed by atoms with Crippen molar-refractivity contribution in [2.75, 3.05) is 26.0 Å². The highest BCUT2D eigenvalue weighted by Gasteiger charge is 2.72. The van der Waals surface area contributed by atoms with Gasteiger partial charge in [-0.3, -0.25) is 34.0 Å². The van der Waals surface area contributed by atoms with Crippen molar-refractivity contribution in [3.05, 3.63) is 44.2 Å². The summed E-state index contributed by atoms with van der Waals surface area (Å²) in [7, 11) is -3.34. The number of carbonyl (C=O) groups is 3. The lowest BCUT2D eigenvalue weighted by atomic mass is 9.56. The second-order valence-corrected chi connectivity index (χ2v) is 11.0. The van der Waals surface area contributed by atoms with Crippen LogP contribution in [0.15, 0.2) is 23.0 Å². The Bertz CT molecular complexity index is 1600. The molecule has 4 rings (SSSR count). The van der Waals surface area contributed by atoms with Crippen molar-refractivity contribution < 1.29 is 56.9 Å². The molecular formula is C23H26N4O13S. The summed E-state index contributed by atoms with van der Waals surface area (Å²) < 4.78 is 38.4. The van der Waals surface area contributed by atoms with E-state index in [1.54, 1.807) is 6.92 Å². The van der Waals surface area contributed by atoms with Gasteiger partial charge in [-0.1, -0.05) is 0 Å². The number of rotatable bonds is 7. The van der Waals surface area contributed by atoms with E-state index in [0.717, 1.165) is 25.1 Å². The topological polar surface area (TPSA) is 280 Å². The van der Waals surface area contributed by atoms with Gasteiger partial charge in [-0.25, -0.2) is 4.18 Å². The number of carbonyl (C=O) groups excluding carboxylic acids is 3. The first-order valence-electron chi connectivity index (χ1n) is 12.0. The molecule has 1 aromatic carbocycles. The molecule has 1 saturated carbocycles. The average Bonchev–Trinajstić information content (AvgIpc) is 2.84. The third kappa shape index (κ3) is 4.05. The number of phenolic OH excluding ortho intramolecular Hbond substituents is 1. The molecule has 1 amide bonds. The lowest BCUT2D eigenvalue weighted by Crippen LogP contribution is -2.73. The monoisotopic (exact) mass is 598 g/mol. The predicted molar refractivity (Wildman–Crippen MR) is 137 cm³/mol. The number of nitrogens with zero attached hydrogens (tertiary/aromatic N) is 2. The smallest absolute Gasteiger partial charge is 0.399 e. The molecule has 0 aliphatic heterocycles. The van der Waals surface area contributed by atoms with Crippen molar-refractivity contribution in [2.24, 2.45) is 17.6 Å². The Kier molecular flexibility index (Phi) is 6.91. The Morgan fingerprint density at radius 1 is 1.27 bits per heavy atom. The van der Waals surface area contributed by atoms with Gasteiger partial charge in [0.05, 0.1) is 16.4 Å². The fraction of sp³-hybridized carbons (Fsp3) is 0.435. The van der Waals surface area contributed by atoms with Crippen molar-refractivity contribution in [1.29, 1.82) is 0 Å². The summed E-state index contributed by atoms with van der Waals surface area (Å²) in [6, 6.07) is 1.01. The number of nitrogens with two attached hydrogens (primary N) is 1. The number of nitro groups is 1. The van der Waals surface area contributed by atoms with E-state index in [2.05, 4.69) is 5.32 Å². The maximum atomic E-state index is 14.0. The minimum atomic E-state index is -5.53. The van der Waals surface area contributed by atoms with Gasteiger partial charge in [-0.15, -0.1) is 0 Å². The number of amides is 1. The van der Waals surface area contributed by atoms with Crippen LogP contribution in [0.2, 0.25) is 0 Å². The van der Waals surface area contributed by atoms with E-state index in [-0.39, 0.29) is 24.2 Å². The van der Waals surface area contributed by atoms with Crippen LogP contribution in [-0.2, 0) is 35.4 Å². The van der Waals surface area contributed by atoms with Crippen LogP contribution in [0.5, 0.6) is 5.75 Å². The van der Waals surface area contributed by atoms with E-state index in [1.165, 1.54) is 0 Å². The highest BCUT2D eigenvalue weighted by Crippen LogP contribution is 2.57. The van der Waals surface area contributed by atoms with E-state index < -0.39 is 102 Å². The number of phenols is 1. The molecule has 222 valence electrons. The number of hydrogen-bond acceptors (Lipinski definition) is 14.